The molecular weight excluding hydrogens is 1150 g/mol. The van der Waals surface area contributed by atoms with Gasteiger partial charge in [0.2, 0.25) is 5.91 Å². The summed E-state index contributed by atoms with van der Waals surface area (Å²) < 4.78 is 22.8. The molecule has 1 amide bonds. The summed E-state index contributed by atoms with van der Waals surface area (Å²) in [6.45, 7) is 2.68. The molecule has 2 aliphatic heterocycles. The lowest BCUT2D eigenvalue weighted by molar-refractivity contribution is -0.359. The molecule has 12 atom stereocenters. The van der Waals surface area contributed by atoms with Crippen molar-refractivity contribution < 1.29 is 64.6 Å². The van der Waals surface area contributed by atoms with Crippen LogP contribution < -0.4 is 5.32 Å². The second-order valence-corrected chi connectivity index (χ2v) is 25.3. The molecule has 0 spiro atoms. The molecule has 0 radical (unpaired) electrons. The molecule has 14 nitrogen and oxygen atoms in total. The average Bonchev–Trinajstić information content (AvgIpc) is 1.07. The number of unbranched alkanes of at least 4 members (excludes halogenated alkanes) is 30. The van der Waals surface area contributed by atoms with Crippen LogP contribution >= 0.6 is 0 Å². The number of rotatable bonds is 59. The third-order valence-electron chi connectivity index (χ3n) is 17.2. The molecule has 0 aliphatic carbocycles. The zero-order valence-electron chi connectivity index (χ0n) is 57.1. The fraction of sp³-hybridized carbons (Fsp3) is 0.753. The predicted octanol–water partition coefficient (Wildman–Crippen LogP) is 15.5. The average molecular weight is 1280 g/mol. The molecule has 2 fully saturated rings. The Morgan fingerprint density at radius 2 is 0.758 bits per heavy atom. The Morgan fingerprint density at radius 3 is 1.16 bits per heavy atom. The van der Waals surface area contributed by atoms with Crippen LogP contribution in [0, 0.1) is 0 Å². The second kappa shape index (κ2) is 60.3. The van der Waals surface area contributed by atoms with E-state index in [1.54, 1.807) is 6.08 Å². The van der Waals surface area contributed by atoms with Crippen molar-refractivity contribution in [1.82, 2.24) is 5.32 Å². The monoisotopic (exact) mass is 1280 g/mol. The number of aliphatic hydroxyl groups excluding tert-OH is 8. The lowest BCUT2D eigenvalue weighted by Gasteiger charge is -2.46. The van der Waals surface area contributed by atoms with Crippen LogP contribution in [0.1, 0.15) is 277 Å². The molecule has 0 aromatic rings. The number of carbonyl (C=O) groups is 1. The molecule has 12 unspecified atom stereocenters. The number of ether oxygens (including phenoxy) is 4. The minimum absolute atomic E-state index is 0.219. The molecule has 0 aromatic heterocycles. The minimum atomic E-state index is -1.80. The summed E-state index contributed by atoms with van der Waals surface area (Å²) in [4.78, 5) is 13.3. The fourth-order valence-corrected chi connectivity index (χ4v) is 11.4. The number of allylic oxidation sites excluding steroid dienone is 17. The second-order valence-electron chi connectivity index (χ2n) is 25.3. The van der Waals surface area contributed by atoms with Crippen molar-refractivity contribution in [3.8, 4) is 0 Å². The standard InChI is InChI=1S/C77H133NO13/c1-3-5-7-9-11-13-15-17-19-21-23-25-27-29-31-32-33-35-36-38-40-42-44-46-48-50-52-54-56-58-60-66(81)65(64-88-76-74(87)72(85)75(68(63-80)90-76)91-77-73(86)71(84)70(83)67(62-79)89-77)78-69(82)61-59-57-55-53-51-49-47-45-43-41-39-37-34-30-28-26-24-22-20-18-16-14-12-10-8-6-4-2/h6,8,12,14,18,20,24,26,30,34,39,41,45,47,51,53,58,60,65-68,70-77,79-81,83-87H,3-5,7,9-11,13,15-17,19,21-23,25,27-29,31-33,35-38,40,42-44,46,48-50,52,54-57,59,61-64H2,1-2H3,(H,78,82)/b8-6-,14-12-,20-18-,26-24-,34-30-,41-39-,47-45-,53-51-,60-58+. The third-order valence-corrected chi connectivity index (χ3v) is 17.2. The normalized spacial score (nSPS) is 23.5. The van der Waals surface area contributed by atoms with E-state index in [4.69, 9.17) is 18.9 Å². The van der Waals surface area contributed by atoms with Gasteiger partial charge in [-0.25, -0.2) is 0 Å². The molecule has 2 saturated heterocycles. The van der Waals surface area contributed by atoms with E-state index in [0.717, 1.165) is 83.5 Å². The van der Waals surface area contributed by atoms with E-state index in [1.807, 2.05) is 6.08 Å². The zero-order chi connectivity index (χ0) is 65.9. The van der Waals surface area contributed by atoms with Crippen LogP contribution in [-0.2, 0) is 23.7 Å². The van der Waals surface area contributed by atoms with E-state index < -0.39 is 86.8 Å². The third kappa shape index (κ3) is 44.1. The van der Waals surface area contributed by atoms with E-state index in [9.17, 15) is 45.6 Å². The predicted molar refractivity (Wildman–Crippen MR) is 373 cm³/mol. The summed E-state index contributed by atoms with van der Waals surface area (Å²) in [5.41, 5.74) is 0. The summed E-state index contributed by atoms with van der Waals surface area (Å²) in [5.74, 6) is -0.283. The van der Waals surface area contributed by atoms with E-state index in [2.05, 4.69) is 116 Å². The van der Waals surface area contributed by atoms with Crippen molar-refractivity contribution in [1.29, 1.82) is 0 Å². The molecule has 0 saturated carbocycles. The van der Waals surface area contributed by atoms with Crippen molar-refractivity contribution in [2.45, 2.75) is 351 Å². The topological polar surface area (TPSA) is 228 Å². The van der Waals surface area contributed by atoms with Gasteiger partial charge in [-0.3, -0.25) is 4.79 Å². The van der Waals surface area contributed by atoms with Crippen LogP contribution in [0.5, 0.6) is 0 Å². The SMILES string of the molecule is CC/C=C\C/C=C\C/C=C\C/C=C\C/C=C\C/C=C\C/C=C\C/C=C\CCCCC(=O)NC(COC1OC(CO)C(OC2OC(CO)C(O)C(O)C2O)C(O)C1O)C(O)/C=C/CCCCCCCCCCCCCCCCCCCCCCCCCCCCCC. The van der Waals surface area contributed by atoms with Gasteiger partial charge in [-0.1, -0.05) is 297 Å². The molecule has 91 heavy (non-hydrogen) atoms. The highest BCUT2D eigenvalue weighted by molar-refractivity contribution is 5.76. The van der Waals surface area contributed by atoms with Crippen LogP contribution in [0.2, 0.25) is 0 Å². The molecule has 2 heterocycles. The minimum Gasteiger partial charge on any atom is -0.394 e. The number of nitrogens with one attached hydrogen (secondary N) is 1. The van der Waals surface area contributed by atoms with E-state index >= 15 is 0 Å². The first-order valence-electron chi connectivity index (χ1n) is 36.6. The smallest absolute Gasteiger partial charge is 0.220 e. The highest BCUT2D eigenvalue weighted by Gasteiger charge is 2.51. The molecule has 0 bridgehead atoms. The Bertz CT molecular complexity index is 1950. The van der Waals surface area contributed by atoms with Gasteiger partial charge in [-0.15, -0.1) is 0 Å². The van der Waals surface area contributed by atoms with Crippen molar-refractivity contribution in [3.05, 3.63) is 109 Å². The Morgan fingerprint density at radius 1 is 0.407 bits per heavy atom. The van der Waals surface area contributed by atoms with E-state index in [-0.39, 0.29) is 18.9 Å². The summed E-state index contributed by atoms with van der Waals surface area (Å²) in [6.07, 6.45) is 70.1. The van der Waals surface area contributed by atoms with Crippen LogP contribution in [0.25, 0.3) is 0 Å². The van der Waals surface area contributed by atoms with Crippen LogP contribution in [-0.4, -0.2) is 140 Å². The lowest BCUT2D eigenvalue weighted by atomic mass is 9.97. The molecule has 9 N–H and O–H groups in total. The number of aliphatic hydroxyl groups is 8. The number of amides is 1. The zero-order valence-corrected chi connectivity index (χ0v) is 57.1. The van der Waals surface area contributed by atoms with Crippen LogP contribution in [0.4, 0.5) is 0 Å². The van der Waals surface area contributed by atoms with Gasteiger partial charge in [0.15, 0.2) is 12.6 Å². The number of carbonyl (C=O) groups excluding carboxylic acids is 1. The van der Waals surface area contributed by atoms with Gasteiger partial charge in [0.25, 0.3) is 0 Å². The molecule has 0 aromatic carbocycles. The molecule has 2 aliphatic rings. The maximum atomic E-state index is 13.3. The maximum absolute atomic E-state index is 13.3. The number of hydrogen-bond donors (Lipinski definition) is 9. The first kappa shape index (κ1) is 83.7. The van der Waals surface area contributed by atoms with Crippen molar-refractivity contribution in [3.63, 3.8) is 0 Å². The quantitative estimate of drug-likeness (QED) is 0.0204. The molecule has 2 rings (SSSR count). The van der Waals surface area contributed by atoms with E-state index in [0.29, 0.717) is 6.42 Å². The highest BCUT2D eigenvalue weighted by Crippen LogP contribution is 2.30. The van der Waals surface area contributed by atoms with Gasteiger partial charge in [-0.2, -0.15) is 0 Å². The van der Waals surface area contributed by atoms with Crippen molar-refractivity contribution in [2.75, 3.05) is 19.8 Å². The summed E-state index contributed by atoms with van der Waals surface area (Å²) in [6, 6.07) is -0.948. The Labute approximate surface area is 553 Å². The van der Waals surface area contributed by atoms with Crippen LogP contribution in [0.15, 0.2) is 109 Å². The number of hydrogen-bond acceptors (Lipinski definition) is 13. The van der Waals surface area contributed by atoms with Crippen molar-refractivity contribution >= 4 is 5.91 Å². The van der Waals surface area contributed by atoms with Gasteiger partial charge in [0, 0.05) is 6.42 Å². The summed E-state index contributed by atoms with van der Waals surface area (Å²) in [5, 5.41) is 87.5. The largest absolute Gasteiger partial charge is 0.394 e. The first-order chi connectivity index (χ1) is 44.6. The van der Waals surface area contributed by atoms with Gasteiger partial charge >= 0.3 is 0 Å². The lowest BCUT2D eigenvalue weighted by Crippen LogP contribution is -2.65. The maximum Gasteiger partial charge on any atom is 0.220 e. The highest BCUT2D eigenvalue weighted by atomic mass is 16.7. The summed E-state index contributed by atoms with van der Waals surface area (Å²) in [7, 11) is 0. The Kier molecular flexibility index (Phi) is 55.5. The van der Waals surface area contributed by atoms with Gasteiger partial charge in [-0.05, 0) is 83.5 Å². The molecule has 14 heteroatoms. The first-order valence-corrected chi connectivity index (χ1v) is 36.6. The Balaban J connectivity index is 1.70. The van der Waals surface area contributed by atoms with Gasteiger partial charge in [0.05, 0.1) is 32.0 Å². The van der Waals surface area contributed by atoms with Gasteiger partial charge < -0.3 is 65.1 Å². The molecule has 524 valence electrons. The van der Waals surface area contributed by atoms with Gasteiger partial charge in [0.1, 0.15) is 48.8 Å². The van der Waals surface area contributed by atoms with Crippen LogP contribution in [0.3, 0.4) is 0 Å². The van der Waals surface area contributed by atoms with Crippen molar-refractivity contribution in [2.24, 2.45) is 0 Å². The summed E-state index contributed by atoms with van der Waals surface area (Å²) >= 11 is 0. The molecular formula is C77H133NO13. The Hall–Kier alpha value is -3.35. The van der Waals surface area contributed by atoms with E-state index in [1.165, 1.54) is 167 Å². The fourth-order valence-electron chi connectivity index (χ4n) is 11.4.